The molecule has 2 unspecified atom stereocenters. The molecule has 0 radical (unpaired) electrons. The van der Waals surface area contributed by atoms with E-state index in [9.17, 15) is 4.79 Å². The van der Waals surface area contributed by atoms with Crippen molar-refractivity contribution in [1.29, 1.82) is 0 Å². The molecule has 0 fully saturated rings. The molecule has 3 nitrogen and oxygen atoms in total. The van der Waals surface area contributed by atoms with Crippen LogP contribution in [0.5, 0.6) is 0 Å². The Labute approximate surface area is 103 Å². The lowest BCUT2D eigenvalue weighted by Gasteiger charge is -2.19. The highest BCUT2D eigenvalue weighted by atomic mass is 16.1. The number of hydrogen-bond donors (Lipinski definition) is 2. The molecule has 3 heteroatoms. The Morgan fingerprint density at radius 3 is 2.59 bits per heavy atom. The number of carbonyl (C=O) groups excluding carboxylic acids is 1. The summed E-state index contributed by atoms with van der Waals surface area (Å²) >= 11 is 0. The fraction of sp³-hybridized carbons (Fsp3) is 0.500. The maximum Gasteiger partial charge on any atom is 0.224 e. The van der Waals surface area contributed by atoms with E-state index in [2.05, 4.69) is 5.32 Å². The molecule has 1 aromatic carbocycles. The topological polar surface area (TPSA) is 55.1 Å². The van der Waals surface area contributed by atoms with Gasteiger partial charge in [0.1, 0.15) is 0 Å². The first-order valence-electron chi connectivity index (χ1n) is 6.08. The van der Waals surface area contributed by atoms with Crippen LogP contribution in [0.1, 0.15) is 25.0 Å². The van der Waals surface area contributed by atoms with Crippen molar-refractivity contribution in [2.24, 2.45) is 11.7 Å². The lowest BCUT2D eigenvalue weighted by molar-refractivity contribution is -0.121. The van der Waals surface area contributed by atoms with Crippen LogP contribution in [0, 0.1) is 12.8 Å². The minimum atomic E-state index is 0.0621. The molecule has 1 rings (SSSR count). The average Bonchev–Trinajstić information content (AvgIpc) is 2.31. The Morgan fingerprint density at radius 2 is 2.00 bits per heavy atom. The zero-order chi connectivity index (χ0) is 12.8. The molecule has 0 aliphatic heterocycles. The van der Waals surface area contributed by atoms with Crippen molar-refractivity contribution >= 4 is 5.91 Å². The monoisotopic (exact) mass is 234 g/mol. The molecule has 0 bridgehead atoms. The van der Waals surface area contributed by atoms with Gasteiger partial charge >= 0.3 is 0 Å². The van der Waals surface area contributed by atoms with Gasteiger partial charge in [-0.25, -0.2) is 0 Å². The van der Waals surface area contributed by atoms with Gasteiger partial charge in [-0.1, -0.05) is 31.2 Å². The van der Waals surface area contributed by atoms with E-state index in [0.29, 0.717) is 18.9 Å². The number of carbonyl (C=O) groups is 1. The minimum Gasteiger partial charge on any atom is -0.353 e. The van der Waals surface area contributed by atoms with Crippen molar-refractivity contribution in [1.82, 2.24) is 5.32 Å². The second-order valence-corrected chi connectivity index (χ2v) is 4.67. The number of rotatable bonds is 5. The Morgan fingerprint density at radius 1 is 1.35 bits per heavy atom. The normalized spacial score (nSPS) is 14.1. The van der Waals surface area contributed by atoms with E-state index in [-0.39, 0.29) is 11.9 Å². The molecular weight excluding hydrogens is 212 g/mol. The first-order valence-corrected chi connectivity index (χ1v) is 6.08. The summed E-state index contributed by atoms with van der Waals surface area (Å²) in [7, 11) is 0. The van der Waals surface area contributed by atoms with Crippen LogP contribution >= 0.6 is 0 Å². The highest BCUT2D eigenvalue weighted by molar-refractivity contribution is 5.79. The number of aryl methyl sites for hydroxylation is 1. The SMILES string of the molecule is Cc1ccccc1CC(=O)NC(C)C(C)CN. The van der Waals surface area contributed by atoms with Gasteiger partial charge in [-0.05, 0) is 37.4 Å². The third-order valence-electron chi connectivity index (χ3n) is 3.23. The molecule has 2 atom stereocenters. The van der Waals surface area contributed by atoms with Crippen molar-refractivity contribution in [3.8, 4) is 0 Å². The Kier molecular flexibility index (Phi) is 5.16. The molecule has 0 aliphatic carbocycles. The lowest BCUT2D eigenvalue weighted by atomic mass is 10.0. The number of amides is 1. The van der Waals surface area contributed by atoms with Gasteiger partial charge in [0.25, 0.3) is 0 Å². The molecule has 0 saturated heterocycles. The van der Waals surface area contributed by atoms with Gasteiger partial charge < -0.3 is 11.1 Å². The molecule has 0 aromatic heterocycles. The molecule has 94 valence electrons. The average molecular weight is 234 g/mol. The molecular formula is C14H22N2O. The summed E-state index contributed by atoms with van der Waals surface area (Å²) in [5.74, 6) is 0.364. The summed E-state index contributed by atoms with van der Waals surface area (Å²) in [6.07, 6.45) is 0.439. The Balaban J connectivity index is 2.53. The quantitative estimate of drug-likeness (QED) is 0.813. The summed E-state index contributed by atoms with van der Waals surface area (Å²) in [5, 5.41) is 2.99. The van der Waals surface area contributed by atoms with Crippen LogP contribution in [-0.4, -0.2) is 18.5 Å². The molecule has 17 heavy (non-hydrogen) atoms. The molecule has 3 N–H and O–H groups in total. The van der Waals surface area contributed by atoms with Gasteiger partial charge in [-0.15, -0.1) is 0 Å². The standard InChI is InChI=1S/C14H22N2O/c1-10-6-4-5-7-13(10)8-14(17)16-12(3)11(2)9-15/h4-7,11-12H,8-9,15H2,1-3H3,(H,16,17). The van der Waals surface area contributed by atoms with Gasteiger partial charge in [0.05, 0.1) is 6.42 Å². The van der Waals surface area contributed by atoms with Crippen molar-refractivity contribution in [2.75, 3.05) is 6.54 Å². The van der Waals surface area contributed by atoms with Crippen LogP contribution in [0.2, 0.25) is 0 Å². The minimum absolute atomic E-state index is 0.0621. The molecule has 0 aliphatic rings. The van der Waals surface area contributed by atoms with Gasteiger partial charge in [0.2, 0.25) is 5.91 Å². The molecule has 0 heterocycles. The largest absolute Gasteiger partial charge is 0.353 e. The van der Waals surface area contributed by atoms with Crippen LogP contribution < -0.4 is 11.1 Å². The fourth-order valence-corrected chi connectivity index (χ4v) is 1.63. The summed E-state index contributed by atoms with van der Waals surface area (Å²) in [6, 6.07) is 8.08. The van der Waals surface area contributed by atoms with Gasteiger partial charge in [0.15, 0.2) is 0 Å². The number of benzene rings is 1. The van der Waals surface area contributed by atoms with E-state index in [1.165, 1.54) is 0 Å². The van der Waals surface area contributed by atoms with E-state index in [1.807, 2.05) is 45.0 Å². The summed E-state index contributed by atoms with van der Waals surface area (Å²) in [6.45, 7) is 6.65. The third-order valence-corrected chi connectivity index (χ3v) is 3.23. The maximum atomic E-state index is 11.8. The predicted molar refractivity (Wildman–Crippen MR) is 70.7 cm³/mol. The van der Waals surface area contributed by atoms with Crippen LogP contribution in [-0.2, 0) is 11.2 Å². The van der Waals surface area contributed by atoms with Crippen molar-refractivity contribution in [3.05, 3.63) is 35.4 Å². The predicted octanol–water partition coefficient (Wildman–Crippen LogP) is 1.64. The van der Waals surface area contributed by atoms with Gasteiger partial charge in [-0.2, -0.15) is 0 Å². The fourth-order valence-electron chi connectivity index (χ4n) is 1.63. The first kappa shape index (κ1) is 13.7. The van der Waals surface area contributed by atoms with E-state index in [0.717, 1.165) is 11.1 Å². The van der Waals surface area contributed by atoms with Gasteiger partial charge in [0, 0.05) is 6.04 Å². The van der Waals surface area contributed by atoms with E-state index in [1.54, 1.807) is 0 Å². The third kappa shape index (κ3) is 4.19. The number of nitrogens with two attached hydrogens (primary N) is 1. The molecule has 1 aromatic rings. The first-order chi connectivity index (χ1) is 8.04. The lowest BCUT2D eigenvalue weighted by Crippen LogP contribution is -2.40. The van der Waals surface area contributed by atoms with E-state index in [4.69, 9.17) is 5.73 Å². The molecule has 0 saturated carbocycles. The Hall–Kier alpha value is -1.35. The number of nitrogens with one attached hydrogen (secondary N) is 1. The maximum absolute atomic E-state index is 11.8. The smallest absolute Gasteiger partial charge is 0.224 e. The highest BCUT2D eigenvalue weighted by Crippen LogP contribution is 2.08. The van der Waals surface area contributed by atoms with E-state index < -0.39 is 0 Å². The molecule has 1 amide bonds. The van der Waals surface area contributed by atoms with Crippen molar-refractivity contribution in [3.63, 3.8) is 0 Å². The second-order valence-electron chi connectivity index (χ2n) is 4.67. The summed E-state index contributed by atoms with van der Waals surface area (Å²) in [5.41, 5.74) is 7.81. The van der Waals surface area contributed by atoms with E-state index >= 15 is 0 Å². The summed E-state index contributed by atoms with van der Waals surface area (Å²) < 4.78 is 0. The number of hydrogen-bond acceptors (Lipinski definition) is 2. The van der Waals surface area contributed by atoms with Crippen LogP contribution in [0.25, 0.3) is 0 Å². The van der Waals surface area contributed by atoms with Crippen LogP contribution in [0.3, 0.4) is 0 Å². The molecule has 0 spiro atoms. The van der Waals surface area contributed by atoms with Crippen LogP contribution in [0.15, 0.2) is 24.3 Å². The van der Waals surface area contributed by atoms with Crippen molar-refractivity contribution in [2.45, 2.75) is 33.2 Å². The zero-order valence-corrected chi connectivity index (χ0v) is 10.9. The Bertz CT molecular complexity index is 376. The highest BCUT2D eigenvalue weighted by Gasteiger charge is 2.13. The second kappa shape index (κ2) is 6.40. The van der Waals surface area contributed by atoms with Gasteiger partial charge in [-0.3, -0.25) is 4.79 Å². The summed E-state index contributed by atoms with van der Waals surface area (Å²) in [4.78, 5) is 11.8. The van der Waals surface area contributed by atoms with Crippen molar-refractivity contribution < 1.29 is 4.79 Å². The zero-order valence-electron chi connectivity index (χ0n) is 10.9. The van der Waals surface area contributed by atoms with Crippen LogP contribution in [0.4, 0.5) is 0 Å².